The zero-order valence-electron chi connectivity index (χ0n) is 36.9. The van der Waals surface area contributed by atoms with E-state index in [0.29, 0.717) is 21.6 Å². The van der Waals surface area contributed by atoms with Gasteiger partial charge in [0.1, 0.15) is 21.6 Å². The van der Waals surface area contributed by atoms with Crippen LogP contribution in [0.2, 0.25) is 4.34 Å². The van der Waals surface area contributed by atoms with Gasteiger partial charge in [0.25, 0.3) is 11.8 Å². The number of amides is 2. The highest BCUT2D eigenvalue weighted by Gasteiger charge is 2.57. The lowest BCUT2D eigenvalue weighted by Gasteiger charge is -2.49. The van der Waals surface area contributed by atoms with Gasteiger partial charge in [-0.15, -0.1) is 0 Å². The Morgan fingerprint density at radius 3 is 1.55 bits per heavy atom. The normalized spacial score (nSPS) is 16.4. The SMILES string of the molecule is O=C(O)C1=C(OS(=O)(=O)C(F)(F)F)CC[C@@H]2[C@H](NC(=O)/C(=N\OC(c3ccccc3)(c3ccccc3)c3ccccc3)c3nc(NC(c4ccccc4)(c4ccccc4)c4ccccc4)sc3Cl)C(=O)N12. The van der Waals surface area contributed by atoms with E-state index >= 15 is 4.79 Å². The molecule has 3 N–H and O–H groups in total. The zero-order chi connectivity index (χ0) is 50.0. The van der Waals surface area contributed by atoms with Crippen molar-refractivity contribution in [3.63, 3.8) is 0 Å². The first-order chi connectivity index (χ1) is 34.2. The van der Waals surface area contributed by atoms with E-state index in [9.17, 15) is 36.3 Å². The van der Waals surface area contributed by atoms with Gasteiger partial charge in [0, 0.05) is 23.1 Å². The maximum Gasteiger partial charge on any atom is 0.534 e. The summed E-state index contributed by atoms with van der Waals surface area (Å²) in [6.07, 6.45) is -0.946. The molecule has 0 spiro atoms. The number of rotatable bonds is 16. The van der Waals surface area contributed by atoms with Crippen LogP contribution in [-0.2, 0) is 44.7 Å². The lowest BCUT2D eigenvalue weighted by atomic mass is 9.77. The Morgan fingerprint density at radius 2 is 1.14 bits per heavy atom. The summed E-state index contributed by atoms with van der Waals surface area (Å²) >= 11 is 8.14. The topological polar surface area (TPSA) is 177 Å². The van der Waals surface area contributed by atoms with Gasteiger partial charge < -0.3 is 24.8 Å². The molecule has 2 aliphatic heterocycles. The fraction of sp³-hybridized carbons (Fsp3) is 0.135. The first-order valence-electron chi connectivity index (χ1n) is 21.8. The van der Waals surface area contributed by atoms with E-state index in [0.717, 1.165) is 28.0 Å². The molecular weight excluding hydrogens is 979 g/mol. The highest BCUT2D eigenvalue weighted by molar-refractivity contribution is 7.87. The number of carbonyl (C=O) groups excluding carboxylic acids is 2. The highest BCUT2D eigenvalue weighted by atomic mass is 35.5. The van der Waals surface area contributed by atoms with Crippen molar-refractivity contribution in [2.75, 3.05) is 5.32 Å². The lowest BCUT2D eigenvalue weighted by Crippen LogP contribution is -2.72. The molecule has 3 heterocycles. The minimum absolute atomic E-state index is 0.0270. The number of hydrogen-bond donors (Lipinski definition) is 3. The number of carboxylic acids is 1. The minimum Gasteiger partial charge on any atom is -0.476 e. The summed E-state index contributed by atoms with van der Waals surface area (Å²) in [5.74, 6) is -5.15. The standard InChI is InChI=1S/C52H39ClF3N5O8S2/c53-45-42(58-49(70-45)59-50(33-19-7-1-8-20-33,34-21-9-2-10-22-34)35-23-11-3-12-24-35)43(60-69-51(36-25-13-4-14-26-36,37-27-15-5-16-28-37)38-29-17-6-18-30-38)46(62)57-41-39-31-32-40(68-71(66,67)52(54,55)56)44(48(64)65)61(39)47(41)63/h1-30,39,41H,31-32H2,(H,57,62)(H,58,59)(H,64,65)/b60-43-/t39-,41+/m1/s1. The van der Waals surface area contributed by atoms with Crippen LogP contribution in [0.15, 0.2) is 199 Å². The summed E-state index contributed by atoms with van der Waals surface area (Å²) in [6, 6.07) is 53.7. The van der Waals surface area contributed by atoms with Crippen molar-refractivity contribution in [1.29, 1.82) is 0 Å². The van der Waals surface area contributed by atoms with Gasteiger partial charge >= 0.3 is 21.6 Å². The molecule has 2 atom stereocenters. The van der Waals surface area contributed by atoms with Gasteiger partial charge in [-0.25, -0.2) is 9.78 Å². The van der Waals surface area contributed by atoms with Crippen LogP contribution in [-0.4, -0.2) is 64.5 Å². The van der Waals surface area contributed by atoms with Crippen molar-refractivity contribution in [1.82, 2.24) is 15.2 Å². The number of nitrogens with one attached hydrogen (secondary N) is 2. The predicted octanol–water partition coefficient (Wildman–Crippen LogP) is 9.57. The van der Waals surface area contributed by atoms with Crippen molar-refractivity contribution in [3.8, 4) is 0 Å². The number of anilines is 1. The maximum absolute atomic E-state index is 15.0. The second-order valence-electron chi connectivity index (χ2n) is 16.3. The third kappa shape index (κ3) is 9.01. The van der Waals surface area contributed by atoms with E-state index in [1.165, 1.54) is 0 Å². The molecule has 6 aromatic carbocycles. The van der Waals surface area contributed by atoms with Gasteiger partial charge in [0.05, 0.1) is 6.04 Å². The lowest BCUT2D eigenvalue weighted by molar-refractivity contribution is -0.156. The number of nitrogens with zero attached hydrogens (tertiary/aromatic N) is 3. The number of alkyl halides is 3. The molecule has 7 aromatic rings. The molecule has 0 aliphatic carbocycles. The van der Waals surface area contributed by atoms with E-state index in [1.54, 1.807) is 0 Å². The van der Waals surface area contributed by atoms with Gasteiger partial charge in [0.2, 0.25) is 5.60 Å². The molecule has 360 valence electrons. The van der Waals surface area contributed by atoms with E-state index in [4.69, 9.17) is 21.4 Å². The van der Waals surface area contributed by atoms with Crippen LogP contribution in [0.3, 0.4) is 0 Å². The van der Waals surface area contributed by atoms with Gasteiger partial charge in [0.15, 0.2) is 22.3 Å². The summed E-state index contributed by atoms with van der Waals surface area (Å²) in [7, 11) is -6.29. The maximum atomic E-state index is 15.0. The van der Waals surface area contributed by atoms with Crippen LogP contribution >= 0.6 is 22.9 Å². The Bertz CT molecular complexity index is 3070. The average Bonchev–Trinajstić information content (AvgIpc) is 3.75. The first-order valence-corrected chi connectivity index (χ1v) is 24.4. The Labute approximate surface area is 414 Å². The molecule has 2 aliphatic rings. The fourth-order valence-electron chi connectivity index (χ4n) is 8.92. The Morgan fingerprint density at radius 1 is 0.718 bits per heavy atom. The summed E-state index contributed by atoms with van der Waals surface area (Å²) in [4.78, 5) is 53.6. The van der Waals surface area contributed by atoms with Crippen LogP contribution in [0.5, 0.6) is 0 Å². The van der Waals surface area contributed by atoms with Crippen LogP contribution < -0.4 is 10.6 Å². The number of fused-ring (bicyclic) bond motifs is 1. The average molecular weight is 1020 g/mol. The highest BCUT2D eigenvalue weighted by Crippen LogP contribution is 2.45. The van der Waals surface area contributed by atoms with Crippen LogP contribution in [0.1, 0.15) is 51.9 Å². The van der Waals surface area contributed by atoms with Crippen molar-refractivity contribution < 1.29 is 50.1 Å². The molecule has 0 saturated carbocycles. The molecule has 2 amide bonds. The smallest absolute Gasteiger partial charge is 0.476 e. The Balaban J connectivity index is 1.17. The van der Waals surface area contributed by atoms with E-state index in [1.807, 2.05) is 182 Å². The van der Waals surface area contributed by atoms with Gasteiger partial charge in [-0.2, -0.15) is 21.6 Å². The van der Waals surface area contributed by atoms with Crippen molar-refractivity contribution in [3.05, 3.63) is 237 Å². The molecule has 9 rings (SSSR count). The number of oxime groups is 1. The molecule has 19 heteroatoms. The number of aliphatic carboxylic acids is 1. The molecular formula is C52H39ClF3N5O8S2. The molecule has 1 fully saturated rings. The van der Waals surface area contributed by atoms with Crippen LogP contribution in [0.25, 0.3) is 0 Å². The zero-order valence-corrected chi connectivity index (χ0v) is 39.3. The molecule has 71 heavy (non-hydrogen) atoms. The Kier molecular flexibility index (Phi) is 13.3. The third-order valence-electron chi connectivity index (χ3n) is 12.1. The predicted molar refractivity (Wildman–Crippen MR) is 259 cm³/mol. The number of allylic oxidation sites excluding steroid dienone is 1. The quantitative estimate of drug-likeness (QED) is 0.0211. The number of halogens is 4. The van der Waals surface area contributed by atoms with E-state index in [-0.39, 0.29) is 21.6 Å². The van der Waals surface area contributed by atoms with Crippen molar-refractivity contribution in [2.45, 2.75) is 41.6 Å². The molecule has 1 saturated heterocycles. The van der Waals surface area contributed by atoms with Gasteiger partial charge in [-0.1, -0.05) is 210 Å². The fourth-order valence-corrected chi connectivity index (χ4v) is 10.5. The molecule has 13 nitrogen and oxygen atoms in total. The molecule has 0 unspecified atom stereocenters. The number of thiazole rings is 1. The molecule has 0 bridgehead atoms. The van der Waals surface area contributed by atoms with Crippen LogP contribution in [0, 0.1) is 0 Å². The largest absolute Gasteiger partial charge is 0.534 e. The number of hydrogen-bond acceptors (Lipinski definition) is 11. The second kappa shape index (κ2) is 19.5. The van der Waals surface area contributed by atoms with Crippen LogP contribution in [0.4, 0.5) is 18.3 Å². The van der Waals surface area contributed by atoms with Gasteiger partial charge in [-0.05, 0) is 23.1 Å². The summed E-state index contributed by atoms with van der Waals surface area (Å²) in [5.41, 5.74) is -5.99. The van der Waals surface area contributed by atoms with Crippen molar-refractivity contribution >= 4 is 61.7 Å². The summed E-state index contributed by atoms with van der Waals surface area (Å²) < 4.78 is 68.1. The molecule has 1 aromatic heterocycles. The summed E-state index contributed by atoms with van der Waals surface area (Å²) in [5, 5.41) is 21.2. The second-order valence-corrected chi connectivity index (χ2v) is 19.4. The van der Waals surface area contributed by atoms with Gasteiger partial charge in [-0.3, -0.25) is 14.5 Å². The van der Waals surface area contributed by atoms with Crippen molar-refractivity contribution in [2.24, 2.45) is 5.16 Å². The molecule has 0 radical (unpaired) electrons. The minimum atomic E-state index is -6.29. The number of carboxylic acid groups (broad SMARTS) is 1. The van der Waals surface area contributed by atoms with E-state index < -0.39 is 80.2 Å². The number of carbonyl (C=O) groups is 3. The number of β-lactam (4-membered cyclic amide) rings is 1. The first kappa shape index (κ1) is 48.2. The third-order valence-corrected chi connectivity index (χ3v) is 14.3. The van der Waals surface area contributed by atoms with E-state index in [2.05, 4.69) is 20.0 Å². The monoisotopic (exact) mass is 1020 g/mol. The summed E-state index contributed by atoms with van der Waals surface area (Å²) in [6.45, 7) is 0. The number of aromatic nitrogens is 1. The Hall–Kier alpha value is -7.80. The number of benzene rings is 6.